The van der Waals surface area contributed by atoms with E-state index in [2.05, 4.69) is 13.8 Å². The zero-order chi connectivity index (χ0) is 15.7. The van der Waals surface area contributed by atoms with E-state index >= 15 is 0 Å². The summed E-state index contributed by atoms with van der Waals surface area (Å²) in [5.74, 6) is -1.23. The molecule has 0 amide bonds. The van der Waals surface area contributed by atoms with Gasteiger partial charge in [0, 0.05) is 11.1 Å². The summed E-state index contributed by atoms with van der Waals surface area (Å²) in [6, 6.07) is 0. The van der Waals surface area contributed by atoms with Crippen molar-refractivity contribution in [2.75, 3.05) is 0 Å². The fraction of sp³-hybridized carbons (Fsp3) is 0.750. The lowest BCUT2D eigenvalue weighted by Gasteiger charge is -2.17. The topological polar surface area (TPSA) is 63.6 Å². The Morgan fingerprint density at radius 2 is 1.80 bits per heavy atom. The van der Waals surface area contributed by atoms with E-state index in [1.807, 2.05) is 0 Å². The van der Waals surface area contributed by atoms with Crippen molar-refractivity contribution in [3.05, 3.63) is 11.1 Å². The van der Waals surface area contributed by atoms with E-state index in [4.69, 9.17) is 4.74 Å². The number of carbonyl (C=O) groups is 2. The summed E-state index contributed by atoms with van der Waals surface area (Å²) in [7, 11) is 0. The van der Waals surface area contributed by atoms with E-state index in [1.54, 1.807) is 20.8 Å². The molecule has 1 atom stereocenters. The molecule has 20 heavy (non-hydrogen) atoms. The van der Waals surface area contributed by atoms with Gasteiger partial charge >= 0.3 is 11.9 Å². The SMILES string of the molecule is CCCCC(CC)CC(C(=O)O)=C(C)C(=O)OC(C)C. The molecule has 0 saturated heterocycles. The lowest BCUT2D eigenvalue weighted by Crippen LogP contribution is -2.18. The van der Waals surface area contributed by atoms with Gasteiger partial charge in [0.2, 0.25) is 0 Å². The number of esters is 1. The third-order valence-corrected chi connectivity index (χ3v) is 3.40. The molecule has 0 aliphatic heterocycles. The fourth-order valence-corrected chi connectivity index (χ4v) is 2.06. The van der Waals surface area contributed by atoms with Crippen molar-refractivity contribution in [3.63, 3.8) is 0 Å². The number of carboxylic acids is 1. The maximum atomic E-state index is 11.8. The molecule has 0 bridgehead atoms. The summed E-state index contributed by atoms with van der Waals surface area (Å²) in [5, 5.41) is 9.33. The first kappa shape index (κ1) is 18.7. The van der Waals surface area contributed by atoms with E-state index in [0.29, 0.717) is 12.3 Å². The summed E-state index contributed by atoms with van der Waals surface area (Å²) in [4.78, 5) is 23.2. The molecule has 0 fully saturated rings. The highest BCUT2D eigenvalue weighted by atomic mass is 16.5. The second kappa shape index (κ2) is 9.56. The van der Waals surface area contributed by atoms with Crippen LogP contribution in [0.4, 0.5) is 0 Å². The Labute approximate surface area is 122 Å². The van der Waals surface area contributed by atoms with Gasteiger partial charge in [0.25, 0.3) is 0 Å². The minimum Gasteiger partial charge on any atom is -0.478 e. The van der Waals surface area contributed by atoms with Gasteiger partial charge in [-0.25, -0.2) is 9.59 Å². The summed E-state index contributed by atoms with van der Waals surface area (Å²) in [6.45, 7) is 9.22. The number of carbonyl (C=O) groups excluding carboxylic acids is 1. The van der Waals surface area contributed by atoms with Crippen molar-refractivity contribution < 1.29 is 19.4 Å². The summed E-state index contributed by atoms with van der Waals surface area (Å²) >= 11 is 0. The molecule has 4 nitrogen and oxygen atoms in total. The molecule has 0 aliphatic rings. The largest absolute Gasteiger partial charge is 0.478 e. The molecule has 116 valence electrons. The van der Waals surface area contributed by atoms with Gasteiger partial charge in [-0.05, 0) is 33.1 Å². The van der Waals surface area contributed by atoms with Crippen LogP contribution in [0.25, 0.3) is 0 Å². The Balaban J connectivity index is 5.01. The van der Waals surface area contributed by atoms with Crippen LogP contribution < -0.4 is 0 Å². The van der Waals surface area contributed by atoms with Gasteiger partial charge in [-0.1, -0.05) is 39.5 Å². The van der Waals surface area contributed by atoms with Gasteiger partial charge in [0.05, 0.1) is 6.10 Å². The van der Waals surface area contributed by atoms with Gasteiger partial charge in [-0.2, -0.15) is 0 Å². The van der Waals surface area contributed by atoms with E-state index in [-0.39, 0.29) is 17.3 Å². The predicted molar refractivity (Wildman–Crippen MR) is 79.5 cm³/mol. The van der Waals surface area contributed by atoms with Gasteiger partial charge in [-0.3, -0.25) is 0 Å². The molecule has 0 aromatic rings. The van der Waals surface area contributed by atoms with Crippen LogP contribution in [0.2, 0.25) is 0 Å². The molecular weight excluding hydrogens is 256 g/mol. The molecule has 0 heterocycles. The lowest BCUT2D eigenvalue weighted by molar-refractivity contribution is -0.143. The highest BCUT2D eigenvalue weighted by Crippen LogP contribution is 2.24. The standard InChI is InChI=1S/C16H28O4/c1-6-8-9-13(7-2)10-14(15(17)18)12(5)16(19)20-11(3)4/h11,13H,6-10H2,1-5H3,(H,17,18). The average Bonchev–Trinajstić information content (AvgIpc) is 2.37. The Bertz CT molecular complexity index is 355. The fourth-order valence-electron chi connectivity index (χ4n) is 2.06. The number of ether oxygens (including phenoxy) is 1. The van der Waals surface area contributed by atoms with Crippen molar-refractivity contribution >= 4 is 11.9 Å². The number of aliphatic carboxylic acids is 1. The third kappa shape index (κ3) is 6.73. The molecule has 1 N–H and O–H groups in total. The minimum absolute atomic E-state index is 0.193. The van der Waals surface area contributed by atoms with Gasteiger partial charge in [-0.15, -0.1) is 0 Å². The summed E-state index contributed by atoms with van der Waals surface area (Å²) < 4.78 is 5.08. The molecule has 0 rings (SSSR count). The maximum Gasteiger partial charge on any atom is 0.334 e. The van der Waals surface area contributed by atoms with E-state index < -0.39 is 11.9 Å². The first-order chi connectivity index (χ1) is 9.33. The summed E-state index contributed by atoms with van der Waals surface area (Å²) in [6.07, 6.45) is 4.29. The molecule has 0 spiro atoms. The molecule has 0 radical (unpaired) electrons. The molecule has 0 saturated carbocycles. The van der Waals surface area contributed by atoms with Crippen LogP contribution in [0, 0.1) is 5.92 Å². The predicted octanol–water partition coefficient (Wildman–Crippen LogP) is 3.95. The second-order valence-electron chi connectivity index (χ2n) is 5.48. The quantitative estimate of drug-likeness (QED) is 0.514. The molecule has 4 heteroatoms. The highest BCUT2D eigenvalue weighted by Gasteiger charge is 2.21. The Kier molecular flexibility index (Phi) is 8.93. The van der Waals surface area contributed by atoms with Crippen molar-refractivity contribution in [2.45, 2.75) is 72.8 Å². The zero-order valence-corrected chi connectivity index (χ0v) is 13.4. The van der Waals surface area contributed by atoms with Crippen LogP contribution in [0.1, 0.15) is 66.7 Å². The summed E-state index contributed by atoms with van der Waals surface area (Å²) in [5.41, 5.74) is 0.416. The van der Waals surface area contributed by atoms with Crippen molar-refractivity contribution in [2.24, 2.45) is 5.92 Å². The monoisotopic (exact) mass is 284 g/mol. The molecular formula is C16H28O4. The molecule has 0 aromatic carbocycles. The molecule has 0 aromatic heterocycles. The van der Waals surface area contributed by atoms with Crippen molar-refractivity contribution in [1.82, 2.24) is 0 Å². The Hall–Kier alpha value is -1.32. The van der Waals surface area contributed by atoms with Crippen molar-refractivity contribution in [1.29, 1.82) is 0 Å². The smallest absolute Gasteiger partial charge is 0.334 e. The number of hydrogen-bond donors (Lipinski definition) is 1. The van der Waals surface area contributed by atoms with Crippen LogP contribution in [-0.4, -0.2) is 23.1 Å². The van der Waals surface area contributed by atoms with E-state index in [1.165, 1.54) is 0 Å². The average molecular weight is 284 g/mol. The lowest BCUT2D eigenvalue weighted by atomic mass is 9.90. The van der Waals surface area contributed by atoms with Crippen LogP contribution in [0.3, 0.4) is 0 Å². The first-order valence-corrected chi connectivity index (χ1v) is 7.47. The van der Waals surface area contributed by atoms with E-state index in [9.17, 15) is 14.7 Å². The van der Waals surface area contributed by atoms with Crippen LogP contribution in [0.15, 0.2) is 11.1 Å². The Morgan fingerprint density at radius 1 is 1.20 bits per heavy atom. The van der Waals surface area contributed by atoms with Crippen LogP contribution in [0.5, 0.6) is 0 Å². The number of hydrogen-bond acceptors (Lipinski definition) is 3. The second-order valence-corrected chi connectivity index (χ2v) is 5.48. The number of rotatable bonds is 9. The molecule has 1 unspecified atom stereocenters. The van der Waals surface area contributed by atoms with Gasteiger partial charge < -0.3 is 9.84 Å². The van der Waals surface area contributed by atoms with Crippen molar-refractivity contribution in [3.8, 4) is 0 Å². The van der Waals surface area contributed by atoms with Crippen LogP contribution >= 0.6 is 0 Å². The Morgan fingerprint density at radius 3 is 2.20 bits per heavy atom. The molecule has 0 aliphatic carbocycles. The normalized spacial score (nSPS) is 13.9. The van der Waals surface area contributed by atoms with Gasteiger partial charge in [0.15, 0.2) is 0 Å². The van der Waals surface area contributed by atoms with Crippen LogP contribution in [-0.2, 0) is 14.3 Å². The maximum absolute atomic E-state index is 11.8. The van der Waals surface area contributed by atoms with E-state index in [0.717, 1.165) is 25.7 Å². The number of unbranched alkanes of at least 4 members (excludes halogenated alkanes) is 1. The minimum atomic E-state index is -1.02. The zero-order valence-electron chi connectivity index (χ0n) is 13.4. The first-order valence-electron chi connectivity index (χ1n) is 7.47. The highest BCUT2D eigenvalue weighted by molar-refractivity contribution is 5.99. The number of carboxylic acid groups (broad SMARTS) is 1. The third-order valence-electron chi connectivity index (χ3n) is 3.40. The van der Waals surface area contributed by atoms with Gasteiger partial charge in [0.1, 0.15) is 0 Å².